The fourth-order valence-corrected chi connectivity index (χ4v) is 8.76. The average Bonchev–Trinajstić information content (AvgIpc) is 3.85. The maximum Gasteiger partial charge on any atom is 0.164 e. The molecule has 0 bridgehead atoms. The molecule has 7 heteroatoms. The Labute approximate surface area is 325 Å². The Balaban J connectivity index is 1.08. The Hall–Kier alpha value is -7.35. The van der Waals surface area contributed by atoms with E-state index in [1.807, 2.05) is 97.1 Å². The molecule has 0 N–H and O–H groups in total. The molecule has 0 saturated carbocycles. The first-order valence-electron chi connectivity index (χ1n) is 18.4. The number of nitrogens with zero attached hydrogens (tertiary/aromatic N) is 5. The highest BCUT2D eigenvalue weighted by molar-refractivity contribution is 7.26. The lowest BCUT2D eigenvalue weighted by atomic mass is 10.0. The lowest BCUT2D eigenvalue weighted by molar-refractivity contribution is 0.669. The molecule has 0 aliphatic heterocycles. The topological polar surface area (TPSA) is 77.6 Å². The Morgan fingerprint density at radius 2 is 0.929 bits per heavy atom. The van der Waals surface area contributed by atoms with Crippen LogP contribution in [0.3, 0.4) is 0 Å². The van der Waals surface area contributed by atoms with Crippen LogP contribution in [0.2, 0.25) is 0 Å². The van der Waals surface area contributed by atoms with E-state index in [0.717, 1.165) is 76.1 Å². The summed E-state index contributed by atoms with van der Waals surface area (Å²) in [5.74, 6) is 2.51. The SMILES string of the molecule is c1ccc(-c2cc(-c3cccc4c3sc3cc(-c5nc(-c6ccccc6)nc(-c6cccc7oc8ccccc8c67)n5)ccc34)nc(-c3ccccc3)n2)cc1. The van der Waals surface area contributed by atoms with Crippen molar-refractivity contribution < 1.29 is 4.42 Å². The van der Waals surface area contributed by atoms with Crippen LogP contribution in [0.15, 0.2) is 180 Å². The number of fused-ring (bicyclic) bond motifs is 6. The van der Waals surface area contributed by atoms with Gasteiger partial charge in [0.1, 0.15) is 11.2 Å². The number of furan rings is 1. The molecule has 11 aromatic rings. The van der Waals surface area contributed by atoms with Gasteiger partial charge in [0.05, 0.1) is 11.4 Å². The standard InChI is InChI=1S/C49H29N5OS/c1-4-14-30(15-5-1)39-29-40(51-46(50-39)31-16-6-2-7-17-31)36-22-12-21-35-34-27-26-33(28-43(34)56-45(35)36)48-52-47(32-18-8-3-9-19-32)53-49(54-48)38-23-13-25-42-44(38)37-20-10-11-24-41(37)55-42/h1-29H. The largest absolute Gasteiger partial charge is 0.456 e. The molecule has 6 nitrogen and oxygen atoms in total. The zero-order valence-corrected chi connectivity index (χ0v) is 30.6. The lowest BCUT2D eigenvalue weighted by Crippen LogP contribution is -2.00. The van der Waals surface area contributed by atoms with E-state index in [0.29, 0.717) is 23.3 Å². The molecule has 0 radical (unpaired) electrons. The van der Waals surface area contributed by atoms with Crippen molar-refractivity contribution in [2.45, 2.75) is 0 Å². The molecule has 262 valence electrons. The van der Waals surface area contributed by atoms with Gasteiger partial charge in [-0.05, 0) is 24.3 Å². The van der Waals surface area contributed by atoms with Crippen molar-refractivity contribution in [2.24, 2.45) is 0 Å². The molecule has 4 aromatic heterocycles. The van der Waals surface area contributed by atoms with Gasteiger partial charge in [-0.2, -0.15) is 0 Å². The van der Waals surface area contributed by atoms with Gasteiger partial charge in [-0.25, -0.2) is 24.9 Å². The number of thiophene rings is 1. The lowest BCUT2D eigenvalue weighted by Gasteiger charge is -2.10. The Morgan fingerprint density at radius 1 is 0.357 bits per heavy atom. The number of hydrogen-bond donors (Lipinski definition) is 0. The molecule has 4 heterocycles. The number of hydrogen-bond acceptors (Lipinski definition) is 7. The third-order valence-corrected chi connectivity index (χ3v) is 11.4. The molecule has 7 aromatic carbocycles. The van der Waals surface area contributed by atoms with E-state index in [1.165, 1.54) is 10.8 Å². The molecule has 0 atom stereocenters. The van der Waals surface area contributed by atoms with Crippen molar-refractivity contribution in [2.75, 3.05) is 0 Å². The third kappa shape index (κ3) is 5.52. The van der Waals surface area contributed by atoms with Crippen molar-refractivity contribution in [3.63, 3.8) is 0 Å². The van der Waals surface area contributed by atoms with Gasteiger partial charge in [-0.3, -0.25) is 0 Å². The van der Waals surface area contributed by atoms with Crippen LogP contribution >= 0.6 is 11.3 Å². The zero-order valence-electron chi connectivity index (χ0n) is 29.8. The first-order chi connectivity index (χ1) is 27.7. The highest BCUT2D eigenvalue weighted by atomic mass is 32.1. The normalized spacial score (nSPS) is 11.6. The quantitative estimate of drug-likeness (QED) is 0.169. The predicted octanol–water partition coefficient (Wildman–Crippen LogP) is 12.9. The molecule has 56 heavy (non-hydrogen) atoms. The van der Waals surface area contributed by atoms with E-state index in [9.17, 15) is 0 Å². The van der Waals surface area contributed by atoms with Crippen LogP contribution in [0.1, 0.15) is 0 Å². The maximum atomic E-state index is 6.24. The fourth-order valence-electron chi connectivity index (χ4n) is 7.50. The second-order valence-electron chi connectivity index (χ2n) is 13.6. The van der Waals surface area contributed by atoms with Crippen LogP contribution in [-0.2, 0) is 0 Å². The van der Waals surface area contributed by atoms with E-state index < -0.39 is 0 Å². The molecule has 0 saturated heterocycles. The van der Waals surface area contributed by atoms with Gasteiger partial charge < -0.3 is 4.42 Å². The van der Waals surface area contributed by atoms with Gasteiger partial charge >= 0.3 is 0 Å². The molecule has 0 spiro atoms. The third-order valence-electron chi connectivity index (χ3n) is 10.2. The molecule has 0 aliphatic rings. The Morgan fingerprint density at radius 3 is 1.70 bits per heavy atom. The van der Waals surface area contributed by atoms with E-state index in [2.05, 4.69) is 78.9 Å². The van der Waals surface area contributed by atoms with Crippen molar-refractivity contribution in [1.29, 1.82) is 0 Å². The van der Waals surface area contributed by atoms with Crippen molar-refractivity contribution in [1.82, 2.24) is 24.9 Å². The summed E-state index contributed by atoms with van der Waals surface area (Å²) in [7, 11) is 0. The van der Waals surface area contributed by atoms with E-state index in [4.69, 9.17) is 29.3 Å². The van der Waals surface area contributed by atoms with E-state index in [-0.39, 0.29) is 0 Å². The molecular formula is C49H29N5OS. The smallest absolute Gasteiger partial charge is 0.164 e. The minimum absolute atomic E-state index is 0.594. The summed E-state index contributed by atoms with van der Waals surface area (Å²) in [5.41, 5.74) is 9.21. The van der Waals surface area contributed by atoms with Crippen molar-refractivity contribution in [3.05, 3.63) is 176 Å². The zero-order chi connectivity index (χ0) is 37.0. The summed E-state index contributed by atoms with van der Waals surface area (Å²) in [6, 6.07) is 59.8. The van der Waals surface area contributed by atoms with Crippen LogP contribution in [0, 0.1) is 0 Å². The van der Waals surface area contributed by atoms with Crippen LogP contribution < -0.4 is 0 Å². The van der Waals surface area contributed by atoms with Gasteiger partial charge in [-0.15, -0.1) is 11.3 Å². The second kappa shape index (κ2) is 13.2. The summed E-state index contributed by atoms with van der Waals surface area (Å²) in [4.78, 5) is 25.5. The Bertz CT molecular complexity index is 3190. The summed E-state index contributed by atoms with van der Waals surface area (Å²) in [6.07, 6.45) is 0. The van der Waals surface area contributed by atoms with Crippen LogP contribution in [0.5, 0.6) is 0 Å². The molecular weight excluding hydrogens is 707 g/mol. The molecule has 0 unspecified atom stereocenters. The number of rotatable bonds is 6. The van der Waals surface area contributed by atoms with Gasteiger partial charge in [0.25, 0.3) is 0 Å². The van der Waals surface area contributed by atoms with Gasteiger partial charge in [0, 0.05) is 64.3 Å². The first kappa shape index (κ1) is 32.1. The monoisotopic (exact) mass is 735 g/mol. The number of benzene rings is 7. The average molecular weight is 736 g/mol. The van der Waals surface area contributed by atoms with Crippen LogP contribution in [0.25, 0.3) is 110 Å². The molecule has 0 fully saturated rings. The summed E-state index contributed by atoms with van der Waals surface area (Å²) in [6.45, 7) is 0. The maximum absolute atomic E-state index is 6.24. The van der Waals surface area contributed by atoms with Gasteiger partial charge in [0.2, 0.25) is 0 Å². The summed E-state index contributed by atoms with van der Waals surface area (Å²) >= 11 is 1.76. The summed E-state index contributed by atoms with van der Waals surface area (Å²) in [5, 5.41) is 4.36. The number of aromatic nitrogens is 5. The van der Waals surface area contributed by atoms with E-state index >= 15 is 0 Å². The number of para-hydroxylation sites is 1. The minimum atomic E-state index is 0.594. The van der Waals surface area contributed by atoms with Crippen molar-refractivity contribution in [3.8, 4) is 68.1 Å². The van der Waals surface area contributed by atoms with Crippen LogP contribution in [0.4, 0.5) is 0 Å². The Kier molecular flexibility index (Phi) is 7.57. The predicted molar refractivity (Wildman–Crippen MR) is 228 cm³/mol. The highest BCUT2D eigenvalue weighted by Crippen LogP contribution is 2.42. The highest BCUT2D eigenvalue weighted by Gasteiger charge is 2.19. The molecule has 0 aliphatic carbocycles. The van der Waals surface area contributed by atoms with Gasteiger partial charge in [-0.1, -0.05) is 152 Å². The minimum Gasteiger partial charge on any atom is -0.456 e. The molecule has 0 amide bonds. The first-order valence-corrected chi connectivity index (χ1v) is 19.2. The second-order valence-corrected chi connectivity index (χ2v) is 14.7. The van der Waals surface area contributed by atoms with Crippen LogP contribution in [-0.4, -0.2) is 24.9 Å². The van der Waals surface area contributed by atoms with Crippen molar-refractivity contribution >= 4 is 53.4 Å². The fraction of sp³-hybridized carbons (Fsp3) is 0. The van der Waals surface area contributed by atoms with Gasteiger partial charge in [0.15, 0.2) is 23.3 Å². The summed E-state index contributed by atoms with van der Waals surface area (Å²) < 4.78 is 8.54. The van der Waals surface area contributed by atoms with E-state index in [1.54, 1.807) is 11.3 Å². The molecule has 11 rings (SSSR count).